The highest BCUT2D eigenvalue weighted by molar-refractivity contribution is 6.28. The molecule has 2 nitrogen and oxygen atoms in total. The summed E-state index contributed by atoms with van der Waals surface area (Å²) < 4.78 is 5.64. The standard InChI is InChI=1S/C16H24ClNO/c1-2-7-18-14(15-5-6-16(17)19-15)10-13-9-11-3-4-12(13)8-11/h5-6,11-14,18H,2-4,7-10H2,1H3. The zero-order chi connectivity index (χ0) is 13.2. The van der Waals surface area contributed by atoms with E-state index in [0.29, 0.717) is 11.3 Å². The predicted molar refractivity (Wildman–Crippen MR) is 78.3 cm³/mol. The number of hydrogen-bond acceptors (Lipinski definition) is 2. The van der Waals surface area contributed by atoms with Gasteiger partial charge in [0.15, 0.2) is 5.22 Å². The molecule has 1 heterocycles. The molecular formula is C16H24ClNO. The third-order valence-corrected chi connectivity index (χ3v) is 5.20. The molecule has 0 spiro atoms. The van der Waals surface area contributed by atoms with Crippen molar-refractivity contribution in [2.24, 2.45) is 17.8 Å². The first-order valence-corrected chi connectivity index (χ1v) is 8.12. The van der Waals surface area contributed by atoms with Crippen molar-refractivity contribution >= 4 is 11.6 Å². The minimum Gasteiger partial charge on any atom is -0.448 e. The van der Waals surface area contributed by atoms with Crippen LogP contribution in [0.2, 0.25) is 5.22 Å². The van der Waals surface area contributed by atoms with Crippen LogP contribution >= 0.6 is 11.6 Å². The summed E-state index contributed by atoms with van der Waals surface area (Å²) in [6.07, 6.45) is 8.20. The summed E-state index contributed by atoms with van der Waals surface area (Å²) >= 11 is 5.92. The van der Waals surface area contributed by atoms with E-state index in [0.717, 1.165) is 36.5 Å². The SMILES string of the molecule is CCCNC(CC1CC2CCC1C2)c1ccc(Cl)o1. The Labute approximate surface area is 120 Å². The van der Waals surface area contributed by atoms with Gasteiger partial charge in [0.1, 0.15) is 5.76 Å². The molecule has 2 aliphatic rings. The van der Waals surface area contributed by atoms with Crippen molar-refractivity contribution in [1.82, 2.24) is 5.32 Å². The number of furan rings is 1. The highest BCUT2D eigenvalue weighted by Crippen LogP contribution is 2.51. The molecule has 2 bridgehead atoms. The molecular weight excluding hydrogens is 258 g/mol. The Morgan fingerprint density at radius 2 is 2.26 bits per heavy atom. The summed E-state index contributed by atoms with van der Waals surface area (Å²) in [5, 5.41) is 4.14. The average Bonchev–Trinajstić information content (AvgIpc) is 3.10. The van der Waals surface area contributed by atoms with Gasteiger partial charge in [0, 0.05) is 0 Å². The van der Waals surface area contributed by atoms with Crippen molar-refractivity contribution in [2.45, 2.75) is 51.5 Å². The molecule has 0 saturated heterocycles. The normalized spacial score (nSPS) is 30.9. The molecule has 0 aromatic carbocycles. The van der Waals surface area contributed by atoms with Crippen LogP contribution in [-0.4, -0.2) is 6.54 Å². The molecule has 3 rings (SSSR count). The Kier molecular flexibility index (Phi) is 4.18. The van der Waals surface area contributed by atoms with Gasteiger partial charge < -0.3 is 9.73 Å². The lowest BCUT2D eigenvalue weighted by molar-refractivity contribution is 0.263. The largest absolute Gasteiger partial charge is 0.448 e. The first-order valence-electron chi connectivity index (χ1n) is 7.75. The number of halogens is 1. The molecule has 1 N–H and O–H groups in total. The minimum atomic E-state index is 0.344. The molecule has 0 amide bonds. The zero-order valence-electron chi connectivity index (χ0n) is 11.7. The summed E-state index contributed by atoms with van der Waals surface area (Å²) in [4.78, 5) is 0. The van der Waals surface area contributed by atoms with E-state index in [1.165, 1.54) is 32.1 Å². The Morgan fingerprint density at radius 3 is 2.84 bits per heavy atom. The second-order valence-electron chi connectivity index (χ2n) is 6.32. The quantitative estimate of drug-likeness (QED) is 0.810. The van der Waals surface area contributed by atoms with Crippen molar-refractivity contribution in [3.05, 3.63) is 23.1 Å². The molecule has 1 aromatic rings. The first-order chi connectivity index (χ1) is 9.26. The van der Waals surface area contributed by atoms with Gasteiger partial charge in [0.2, 0.25) is 0 Å². The van der Waals surface area contributed by atoms with E-state index in [2.05, 4.69) is 12.2 Å². The Morgan fingerprint density at radius 1 is 1.37 bits per heavy atom. The van der Waals surface area contributed by atoms with Crippen molar-refractivity contribution in [2.75, 3.05) is 6.54 Å². The van der Waals surface area contributed by atoms with Crippen LogP contribution in [0, 0.1) is 17.8 Å². The maximum Gasteiger partial charge on any atom is 0.193 e. The number of rotatable bonds is 6. The van der Waals surface area contributed by atoms with Crippen LogP contribution in [0.1, 0.15) is 57.3 Å². The lowest BCUT2D eigenvalue weighted by Crippen LogP contribution is -2.26. The van der Waals surface area contributed by atoms with Crippen molar-refractivity contribution in [3.63, 3.8) is 0 Å². The van der Waals surface area contributed by atoms with Gasteiger partial charge in [-0.3, -0.25) is 0 Å². The van der Waals surface area contributed by atoms with Crippen molar-refractivity contribution in [1.29, 1.82) is 0 Å². The highest BCUT2D eigenvalue weighted by Gasteiger charge is 2.40. The lowest BCUT2D eigenvalue weighted by atomic mass is 9.83. The molecule has 1 aromatic heterocycles. The van der Waals surface area contributed by atoms with Crippen LogP contribution in [0.25, 0.3) is 0 Å². The Bertz CT molecular complexity index is 417. The van der Waals surface area contributed by atoms with Gasteiger partial charge in [-0.2, -0.15) is 0 Å². The second-order valence-corrected chi connectivity index (χ2v) is 6.69. The van der Waals surface area contributed by atoms with E-state index in [1.807, 2.05) is 12.1 Å². The third kappa shape index (κ3) is 3.00. The van der Waals surface area contributed by atoms with Gasteiger partial charge in [-0.05, 0) is 80.1 Å². The van der Waals surface area contributed by atoms with Gasteiger partial charge in [-0.25, -0.2) is 0 Å². The van der Waals surface area contributed by atoms with Crippen LogP contribution in [0.3, 0.4) is 0 Å². The fraction of sp³-hybridized carbons (Fsp3) is 0.750. The summed E-state index contributed by atoms with van der Waals surface area (Å²) in [5.41, 5.74) is 0. The number of nitrogens with one attached hydrogen (secondary N) is 1. The highest BCUT2D eigenvalue weighted by atomic mass is 35.5. The lowest BCUT2D eigenvalue weighted by Gasteiger charge is -2.26. The van der Waals surface area contributed by atoms with Crippen LogP contribution in [0.4, 0.5) is 0 Å². The fourth-order valence-electron chi connectivity index (χ4n) is 4.10. The van der Waals surface area contributed by atoms with E-state index in [-0.39, 0.29) is 0 Å². The van der Waals surface area contributed by atoms with E-state index >= 15 is 0 Å². The third-order valence-electron chi connectivity index (χ3n) is 5.00. The van der Waals surface area contributed by atoms with Crippen LogP contribution in [0.15, 0.2) is 16.5 Å². The van der Waals surface area contributed by atoms with Gasteiger partial charge in [0.05, 0.1) is 6.04 Å². The van der Waals surface area contributed by atoms with Crippen LogP contribution in [0.5, 0.6) is 0 Å². The number of hydrogen-bond donors (Lipinski definition) is 1. The van der Waals surface area contributed by atoms with Gasteiger partial charge in [-0.1, -0.05) is 13.3 Å². The molecule has 4 unspecified atom stereocenters. The monoisotopic (exact) mass is 281 g/mol. The molecule has 2 aliphatic carbocycles. The fourth-order valence-corrected chi connectivity index (χ4v) is 4.25. The van der Waals surface area contributed by atoms with Crippen LogP contribution < -0.4 is 5.32 Å². The maximum atomic E-state index is 5.92. The molecule has 4 atom stereocenters. The molecule has 0 aliphatic heterocycles. The zero-order valence-corrected chi connectivity index (χ0v) is 12.5. The van der Waals surface area contributed by atoms with Gasteiger partial charge in [0.25, 0.3) is 0 Å². The predicted octanol–water partition coefficient (Wildman–Crippen LogP) is 4.80. The maximum absolute atomic E-state index is 5.92. The second kappa shape index (κ2) is 5.88. The molecule has 0 radical (unpaired) electrons. The van der Waals surface area contributed by atoms with E-state index in [4.69, 9.17) is 16.0 Å². The van der Waals surface area contributed by atoms with E-state index in [1.54, 1.807) is 0 Å². The van der Waals surface area contributed by atoms with E-state index < -0.39 is 0 Å². The molecule has 106 valence electrons. The Balaban J connectivity index is 1.65. The van der Waals surface area contributed by atoms with Crippen molar-refractivity contribution < 1.29 is 4.42 Å². The molecule has 19 heavy (non-hydrogen) atoms. The molecule has 2 fully saturated rings. The Hall–Kier alpha value is -0.470. The summed E-state index contributed by atoms with van der Waals surface area (Å²) in [6, 6.07) is 4.23. The average molecular weight is 282 g/mol. The first kappa shape index (κ1) is 13.5. The minimum absolute atomic E-state index is 0.344. The van der Waals surface area contributed by atoms with Gasteiger partial charge in [-0.15, -0.1) is 0 Å². The van der Waals surface area contributed by atoms with Crippen LogP contribution in [-0.2, 0) is 0 Å². The smallest absolute Gasteiger partial charge is 0.193 e. The van der Waals surface area contributed by atoms with Crippen molar-refractivity contribution in [3.8, 4) is 0 Å². The van der Waals surface area contributed by atoms with E-state index in [9.17, 15) is 0 Å². The summed E-state index contributed by atoms with van der Waals surface area (Å²) in [6.45, 7) is 3.25. The summed E-state index contributed by atoms with van der Waals surface area (Å²) in [7, 11) is 0. The van der Waals surface area contributed by atoms with Gasteiger partial charge >= 0.3 is 0 Å². The molecule has 2 saturated carbocycles. The summed E-state index contributed by atoms with van der Waals surface area (Å²) in [5.74, 6) is 3.89. The molecule has 3 heteroatoms. The number of fused-ring (bicyclic) bond motifs is 2. The topological polar surface area (TPSA) is 25.2 Å².